The second-order valence-corrected chi connectivity index (χ2v) is 6.19. The van der Waals surface area contributed by atoms with Crippen LogP contribution in [0.4, 0.5) is 4.79 Å². The van der Waals surface area contributed by atoms with E-state index >= 15 is 0 Å². The van der Waals surface area contributed by atoms with Gasteiger partial charge in [0.25, 0.3) is 0 Å². The first-order chi connectivity index (χ1) is 8.12. The maximum absolute atomic E-state index is 11.4. The largest absolute Gasteiger partial charge is 0.446 e. The van der Waals surface area contributed by atoms with Gasteiger partial charge in [-0.05, 0) is 26.2 Å². The van der Waals surface area contributed by atoms with Crippen LogP contribution in [-0.2, 0) is 14.9 Å². The molecule has 0 saturated heterocycles. The number of aliphatic hydroxyl groups excluding tert-OH is 1. The maximum atomic E-state index is 11.4. The van der Waals surface area contributed by atoms with Crippen molar-refractivity contribution in [1.82, 2.24) is 9.44 Å². The Morgan fingerprint density at radius 2 is 1.83 bits per heavy atom. The Bertz CT molecular complexity index is 353. The molecule has 108 valence electrons. The summed E-state index contributed by atoms with van der Waals surface area (Å²) in [4.78, 5) is 11.1. The molecule has 0 aromatic heterocycles. The summed E-state index contributed by atoms with van der Waals surface area (Å²) in [6.45, 7) is 6.88. The number of aliphatic hydroxyl groups is 1. The fraction of sp³-hybridized carbons (Fsp3) is 0.900. The van der Waals surface area contributed by atoms with Crippen LogP contribution in [0.3, 0.4) is 0 Å². The van der Waals surface area contributed by atoms with Gasteiger partial charge in [0.05, 0.1) is 12.2 Å². The van der Waals surface area contributed by atoms with Gasteiger partial charge in [0, 0.05) is 6.54 Å². The van der Waals surface area contributed by atoms with Crippen LogP contribution in [0.25, 0.3) is 0 Å². The summed E-state index contributed by atoms with van der Waals surface area (Å²) >= 11 is 0. The summed E-state index contributed by atoms with van der Waals surface area (Å²) in [6.07, 6.45) is -1.77. The van der Waals surface area contributed by atoms with Crippen LogP contribution >= 0.6 is 0 Å². The van der Waals surface area contributed by atoms with Crippen molar-refractivity contribution in [3.8, 4) is 0 Å². The molecule has 7 nitrogen and oxygen atoms in total. The third kappa shape index (κ3) is 9.20. The molecule has 18 heavy (non-hydrogen) atoms. The van der Waals surface area contributed by atoms with Crippen molar-refractivity contribution < 1.29 is 23.1 Å². The number of rotatable bonds is 7. The molecular weight excluding hydrogens is 260 g/mol. The Hall–Kier alpha value is -0.860. The highest BCUT2D eigenvalue weighted by Gasteiger charge is 2.17. The van der Waals surface area contributed by atoms with Gasteiger partial charge in [-0.15, -0.1) is 0 Å². The van der Waals surface area contributed by atoms with Crippen molar-refractivity contribution in [1.29, 1.82) is 0 Å². The Labute approximate surface area is 108 Å². The zero-order valence-corrected chi connectivity index (χ0v) is 12.0. The Kier molecular flexibility index (Phi) is 7.19. The Morgan fingerprint density at radius 1 is 1.28 bits per heavy atom. The fourth-order valence-electron chi connectivity index (χ4n) is 1.22. The second kappa shape index (κ2) is 7.55. The van der Waals surface area contributed by atoms with Gasteiger partial charge < -0.3 is 9.84 Å². The number of carbonyl (C=O) groups excluding carboxylic acids is 1. The maximum Gasteiger partial charge on any atom is 0.422 e. The molecule has 0 aliphatic rings. The highest BCUT2D eigenvalue weighted by Crippen LogP contribution is 2.03. The molecule has 0 aromatic rings. The van der Waals surface area contributed by atoms with E-state index in [1.54, 1.807) is 18.6 Å². The standard InChI is InChI=1S/C10H22N2O5S/c1-7(2)5-9(13)6-11-18(15,16)12-10(14)17-8(3)4/h7-9,11,13H,5-6H2,1-4H3,(H,12,14). The minimum absolute atomic E-state index is 0.150. The predicted octanol–water partition coefficient (Wildman–Crippen LogP) is 0.362. The van der Waals surface area contributed by atoms with Gasteiger partial charge in [-0.25, -0.2) is 9.52 Å². The number of amides is 1. The molecule has 0 rings (SSSR count). The minimum atomic E-state index is -3.99. The van der Waals surface area contributed by atoms with Crippen LogP contribution in [0.1, 0.15) is 34.1 Å². The van der Waals surface area contributed by atoms with Crippen molar-refractivity contribution in [2.75, 3.05) is 6.54 Å². The number of ether oxygens (including phenoxy) is 1. The molecule has 0 aromatic carbocycles. The van der Waals surface area contributed by atoms with Crippen LogP contribution in [-0.4, -0.2) is 38.4 Å². The van der Waals surface area contributed by atoms with Gasteiger partial charge in [0.15, 0.2) is 0 Å². The van der Waals surface area contributed by atoms with Crippen molar-refractivity contribution in [3.63, 3.8) is 0 Å². The summed E-state index contributed by atoms with van der Waals surface area (Å²) in [7, 11) is -3.99. The molecule has 0 fully saturated rings. The zero-order chi connectivity index (χ0) is 14.3. The van der Waals surface area contributed by atoms with Crippen molar-refractivity contribution in [2.24, 2.45) is 5.92 Å². The lowest BCUT2D eigenvalue weighted by atomic mass is 10.1. The highest BCUT2D eigenvalue weighted by molar-refractivity contribution is 7.88. The van der Waals surface area contributed by atoms with E-state index in [9.17, 15) is 18.3 Å². The number of nitrogens with one attached hydrogen (secondary N) is 2. The average Bonchev–Trinajstić information content (AvgIpc) is 2.11. The third-order valence-electron chi connectivity index (χ3n) is 1.81. The van der Waals surface area contributed by atoms with E-state index in [1.807, 2.05) is 13.8 Å². The molecule has 0 heterocycles. The number of hydrogen-bond donors (Lipinski definition) is 3. The molecule has 1 atom stereocenters. The van der Waals surface area contributed by atoms with Gasteiger partial charge in [-0.1, -0.05) is 13.8 Å². The molecular formula is C10H22N2O5S. The lowest BCUT2D eigenvalue weighted by molar-refractivity contribution is 0.121. The van der Waals surface area contributed by atoms with Crippen LogP contribution in [0, 0.1) is 5.92 Å². The first kappa shape index (κ1) is 17.1. The fourth-order valence-corrected chi connectivity index (χ4v) is 1.97. The molecule has 1 amide bonds. The summed E-state index contributed by atoms with van der Waals surface area (Å²) in [5, 5.41) is 9.49. The van der Waals surface area contributed by atoms with Gasteiger partial charge in [0.2, 0.25) is 0 Å². The van der Waals surface area contributed by atoms with Crippen LogP contribution in [0.15, 0.2) is 0 Å². The summed E-state index contributed by atoms with van der Waals surface area (Å²) in [6, 6.07) is 0. The van der Waals surface area contributed by atoms with Crippen molar-refractivity contribution in [3.05, 3.63) is 0 Å². The smallest absolute Gasteiger partial charge is 0.422 e. The van der Waals surface area contributed by atoms with E-state index < -0.39 is 28.5 Å². The number of hydrogen-bond acceptors (Lipinski definition) is 5. The van der Waals surface area contributed by atoms with Crippen molar-refractivity contribution in [2.45, 2.75) is 46.3 Å². The first-order valence-corrected chi connectivity index (χ1v) is 7.26. The Balaban J connectivity index is 4.12. The lowest BCUT2D eigenvalue weighted by Gasteiger charge is -2.15. The van der Waals surface area contributed by atoms with Crippen LogP contribution < -0.4 is 9.44 Å². The molecule has 0 bridgehead atoms. The molecule has 0 radical (unpaired) electrons. The SMILES string of the molecule is CC(C)CC(O)CNS(=O)(=O)NC(=O)OC(C)C. The molecule has 0 aliphatic carbocycles. The normalized spacial score (nSPS) is 13.7. The molecule has 0 aliphatic heterocycles. The highest BCUT2D eigenvalue weighted by atomic mass is 32.2. The van der Waals surface area contributed by atoms with E-state index in [-0.39, 0.29) is 12.5 Å². The van der Waals surface area contributed by atoms with E-state index in [4.69, 9.17) is 0 Å². The van der Waals surface area contributed by atoms with Crippen LogP contribution in [0.5, 0.6) is 0 Å². The molecule has 3 N–H and O–H groups in total. The number of carbonyl (C=O) groups is 1. The molecule has 1 unspecified atom stereocenters. The quantitative estimate of drug-likeness (QED) is 0.625. The molecule has 0 spiro atoms. The predicted molar refractivity (Wildman–Crippen MR) is 67.1 cm³/mol. The molecule has 8 heteroatoms. The average molecular weight is 282 g/mol. The zero-order valence-electron chi connectivity index (χ0n) is 11.1. The van der Waals surface area contributed by atoms with Crippen LogP contribution in [0.2, 0.25) is 0 Å². The topological polar surface area (TPSA) is 105 Å². The van der Waals surface area contributed by atoms with E-state index in [1.165, 1.54) is 0 Å². The summed E-state index contributed by atoms with van der Waals surface area (Å²) in [5.41, 5.74) is 0. The van der Waals surface area contributed by atoms with Gasteiger partial charge in [-0.3, -0.25) is 0 Å². The first-order valence-electron chi connectivity index (χ1n) is 5.78. The second-order valence-electron chi connectivity index (χ2n) is 4.69. The third-order valence-corrected chi connectivity index (χ3v) is 2.79. The van der Waals surface area contributed by atoms with E-state index in [2.05, 4.69) is 9.46 Å². The van der Waals surface area contributed by atoms with Gasteiger partial charge in [-0.2, -0.15) is 13.1 Å². The minimum Gasteiger partial charge on any atom is -0.446 e. The van der Waals surface area contributed by atoms with E-state index in [0.717, 1.165) is 0 Å². The van der Waals surface area contributed by atoms with E-state index in [0.29, 0.717) is 6.42 Å². The summed E-state index contributed by atoms with van der Waals surface area (Å²) < 4.78 is 31.1. The van der Waals surface area contributed by atoms with Crippen molar-refractivity contribution >= 4 is 16.3 Å². The van der Waals surface area contributed by atoms with Gasteiger partial charge in [0.1, 0.15) is 0 Å². The lowest BCUT2D eigenvalue weighted by Crippen LogP contribution is -2.44. The monoisotopic (exact) mass is 282 g/mol. The van der Waals surface area contributed by atoms with Gasteiger partial charge >= 0.3 is 16.3 Å². The Morgan fingerprint density at radius 3 is 2.28 bits per heavy atom. The summed E-state index contributed by atoms with van der Waals surface area (Å²) in [5.74, 6) is 0.253. The molecule has 0 saturated carbocycles.